The SMILES string of the molecule is CCCC1CCC(c2nccc(Cl)n2)CC1. The van der Waals surface area contributed by atoms with Gasteiger partial charge in [-0.15, -0.1) is 0 Å². The van der Waals surface area contributed by atoms with Crippen molar-refractivity contribution < 1.29 is 0 Å². The first-order valence-corrected chi connectivity index (χ1v) is 6.65. The smallest absolute Gasteiger partial charge is 0.133 e. The third kappa shape index (κ3) is 2.94. The zero-order chi connectivity index (χ0) is 11.4. The lowest BCUT2D eigenvalue weighted by atomic mass is 9.80. The maximum Gasteiger partial charge on any atom is 0.133 e. The van der Waals surface area contributed by atoms with Gasteiger partial charge in [-0.05, 0) is 37.7 Å². The van der Waals surface area contributed by atoms with Gasteiger partial charge in [0.1, 0.15) is 11.0 Å². The summed E-state index contributed by atoms with van der Waals surface area (Å²) >= 11 is 5.89. The lowest BCUT2D eigenvalue weighted by Crippen LogP contribution is -2.15. The van der Waals surface area contributed by atoms with Crippen LogP contribution in [-0.4, -0.2) is 9.97 Å². The van der Waals surface area contributed by atoms with Gasteiger partial charge < -0.3 is 0 Å². The average molecular weight is 239 g/mol. The van der Waals surface area contributed by atoms with Crippen LogP contribution in [0.1, 0.15) is 57.2 Å². The minimum Gasteiger partial charge on any atom is -0.241 e. The molecule has 3 heteroatoms. The first-order chi connectivity index (χ1) is 7.79. The summed E-state index contributed by atoms with van der Waals surface area (Å²) in [4.78, 5) is 8.66. The molecule has 1 fully saturated rings. The summed E-state index contributed by atoms with van der Waals surface area (Å²) in [6.45, 7) is 2.27. The Kier molecular flexibility index (Phi) is 4.16. The molecular formula is C13H19ClN2. The van der Waals surface area contributed by atoms with Crippen LogP contribution in [0.25, 0.3) is 0 Å². The molecule has 88 valence electrons. The zero-order valence-electron chi connectivity index (χ0n) is 9.82. The molecule has 1 aromatic heterocycles. The molecule has 2 nitrogen and oxygen atoms in total. The highest BCUT2D eigenvalue weighted by molar-refractivity contribution is 6.29. The van der Waals surface area contributed by atoms with Gasteiger partial charge in [-0.2, -0.15) is 0 Å². The molecule has 1 aliphatic rings. The summed E-state index contributed by atoms with van der Waals surface area (Å²) in [6.07, 6.45) is 9.56. The topological polar surface area (TPSA) is 25.8 Å². The average Bonchev–Trinajstić information content (AvgIpc) is 2.30. The molecule has 0 N–H and O–H groups in total. The normalized spacial score (nSPS) is 25.6. The quantitative estimate of drug-likeness (QED) is 0.738. The van der Waals surface area contributed by atoms with E-state index in [2.05, 4.69) is 16.9 Å². The summed E-state index contributed by atoms with van der Waals surface area (Å²) < 4.78 is 0. The second-order valence-electron chi connectivity index (χ2n) is 4.74. The van der Waals surface area contributed by atoms with Gasteiger partial charge in [0.2, 0.25) is 0 Å². The molecule has 1 saturated carbocycles. The fourth-order valence-electron chi connectivity index (χ4n) is 2.66. The van der Waals surface area contributed by atoms with E-state index in [9.17, 15) is 0 Å². The van der Waals surface area contributed by atoms with E-state index < -0.39 is 0 Å². The van der Waals surface area contributed by atoms with Crippen molar-refractivity contribution in [2.75, 3.05) is 0 Å². The van der Waals surface area contributed by atoms with Crippen molar-refractivity contribution in [2.24, 2.45) is 5.92 Å². The van der Waals surface area contributed by atoms with Crippen LogP contribution in [0.4, 0.5) is 0 Å². The van der Waals surface area contributed by atoms with Crippen molar-refractivity contribution in [2.45, 2.75) is 51.4 Å². The number of nitrogens with zero attached hydrogens (tertiary/aromatic N) is 2. The monoisotopic (exact) mass is 238 g/mol. The van der Waals surface area contributed by atoms with E-state index in [-0.39, 0.29) is 0 Å². The Morgan fingerprint density at radius 2 is 2.06 bits per heavy atom. The molecule has 1 aliphatic carbocycles. The van der Waals surface area contributed by atoms with Crippen LogP contribution in [0.5, 0.6) is 0 Å². The minimum atomic E-state index is 0.534. The van der Waals surface area contributed by atoms with Crippen LogP contribution >= 0.6 is 11.6 Å². The van der Waals surface area contributed by atoms with Crippen LogP contribution in [-0.2, 0) is 0 Å². The summed E-state index contributed by atoms with van der Waals surface area (Å²) in [5.41, 5.74) is 0. The number of rotatable bonds is 3. The molecule has 0 bridgehead atoms. The molecule has 0 aromatic carbocycles. The van der Waals surface area contributed by atoms with E-state index in [1.54, 1.807) is 12.3 Å². The van der Waals surface area contributed by atoms with Crippen LogP contribution < -0.4 is 0 Å². The highest BCUT2D eigenvalue weighted by Gasteiger charge is 2.23. The van der Waals surface area contributed by atoms with Gasteiger partial charge in [-0.25, -0.2) is 9.97 Å². The molecule has 2 rings (SSSR count). The van der Waals surface area contributed by atoms with Crippen molar-refractivity contribution in [1.82, 2.24) is 9.97 Å². The summed E-state index contributed by atoms with van der Waals surface area (Å²) in [6, 6.07) is 1.74. The van der Waals surface area contributed by atoms with Gasteiger partial charge in [0.25, 0.3) is 0 Å². The molecule has 1 aromatic rings. The molecule has 1 heterocycles. The number of aromatic nitrogens is 2. The van der Waals surface area contributed by atoms with Crippen molar-refractivity contribution in [3.05, 3.63) is 23.2 Å². The number of hydrogen-bond donors (Lipinski definition) is 0. The Bertz CT molecular complexity index is 332. The molecule has 16 heavy (non-hydrogen) atoms. The third-order valence-corrected chi connectivity index (χ3v) is 3.76. The Balaban J connectivity index is 1.94. The number of halogens is 1. The van der Waals surface area contributed by atoms with Gasteiger partial charge >= 0.3 is 0 Å². The van der Waals surface area contributed by atoms with Crippen LogP contribution in [0.3, 0.4) is 0 Å². The summed E-state index contributed by atoms with van der Waals surface area (Å²) in [5, 5.41) is 0.570. The first-order valence-electron chi connectivity index (χ1n) is 6.28. The fraction of sp³-hybridized carbons (Fsp3) is 0.692. The molecule has 0 amide bonds. The van der Waals surface area contributed by atoms with E-state index in [1.807, 2.05) is 0 Å². The standard InChI is InChI=1S/C13H19ClN2/c1-2-3-10-4-6-11(7-5-10)13-15-9-8-12(14)16-13/h8-11H,2-7H2,1H3. The van der Waals surface area contributed by atoms with Crippen LogP contribution in [0.2, 0.25) is 5.15 Å². The molecule has 0 unspecified atom stereocenters. The molecular weight excluding hydrogens is 220 g/mol. The Hall–Kier alpha value is -0.630. The molecule has 0 radical (unpaired) electrons. The lowest BCUT2D eigenvalue weighted by molar-refractivity contribution is 0.302. The zero-order valence-corrected chi connectivity index (χ0v) is 10.6. The van der Waals surface area contributed by atoms with E-state index in [0.717, 1.165) is 11.7 Å². The minimum absolute atomic E-state index is 0.534. The molecule has 0 saturated heterocycles. The molecule has 0 atom stereocenters. The second-order valence-corrected chi connectivity index (χ2v) is 5.13. The van der Waals surface area contributed by atoms with Gasteiger partial charge in [0, 0.05) is 12.1 Å². The fourth-order valence-corrected chi connectivity index (χ4v) is 2.81. The van der Waals surface area contributed by atoms with Crippen molar-refractivity contribution >= 4 is 11.6 Å². The second kappa shape index (κ2) is 5.62. The molecule has 0 aliphatic heterocycles. The first kappa shape index (κ1) is 11.8. The highest BCUT2D eigenvalue weighted by Crippen LogP contribution is 2.36. The van der Waals surface area contributed by atoms with Crippen molar-refractivity contribution in [1.29, 1.82) is 0 Å². The molecule has 0 spiro atoms. The largest absolute Gasteiger partial charge is 0.241 e. The van der Waals surface area contributed by atoms with Gasteiger partial charge in [-0.1, -0.05) is 31.4 Å². The Labute approximate surface area is 102 Å². The van der Waals surface area contributed by atoms with E-state index in [0.29, 0.717) is 11.1 Å². The van der Waals surface area contributed by atoms with Crippen molar-refractivity contribution in [3.63, 3.8) is 0 Å². The Morgan fingerprint density at radius 1 is 1.31 bits per heavy atom. The Morgan fingerprint density at radius 3 is 2.69 bits per heavy atom. The van der Waals surface area contributed by atoms with Crippen LogP contribution in [0, 0.1) is 5.92 Å². The maximum atomic E-state index is 5.89. The van der Waals surface area contributed by atoms with E-state index >= 15 is 0 Å². The van der Waals surface area contributed by atoms with Gasteiger partial charge in [0.15, 0.2) is 0 Å². The predicted octanol–water partition coefficient (Wildman–Crippen LogP) is 4.20. The lowest BCUT2D eigenvalue weighted by Gasteiger charge is -2.27. The number of hydrogen-bond acceptors (Lipinski definition) is 2. The van der Waals surface area contributed by atoms with Crippen LogP contribution in [0.15, 0.2) is 12.3 Å². The van der Waals surface area contributed by atoms with Gasteiger partial charge in [-0.3, -0.25) is 0 Å². The predicted molar refractivity (Wildman–Crippen MR) is 66.6 cm³/mol. The summed E-state index contributed by atoms with van der Waals surface area (Å²) in [5.74, 6) is 2.41. The highest BCUT2D eigenvalue weighted by atomic mass is 35.5. The third-order valence-electron chi connectivity index (χ3n) is 3.55. The van der Waals surface area contributed by atoms with E-state index in [4.69, 9.17) is 11.6 Å². The van der Waals surface area contributed by atoms with Crippen molar-refractivity contribution in [3.8, 4) is 0 Å². The van der Waals surface area contributed by atoms with E-state index in [1.165, 1.54) is 38.5 Å². The maximum absolute atomic E-state index is 5.89. The van der Waals surface area contributed by atoms with Gasteiger partial charge in [0.05, 0.1) is 0 Å². The summed E-state index contributed by atoms with van der Waals surface area (Å²) in [7, 11) is 0.